The SMILES string of the molecule is COc1ccc(-c2ccc3nnc(SCC(=O)Nc4ccc(NC(C)=O)cc4)n3n2)cc1OC. The average Bonchev–Trinajstić information content (AvgIpc) is 3.25. The number of hydrogen-bond acceptors (Lipinski definition) is 8. The number of thioether (sulfide) groups is 1. The van der Waals surface area contributed by atoms with E-state index in [4.69, 9.17) is 9.47 Å². The number of ether oxygens (including phenoxy) is 2. The van der Waals surface area contributed by atoms with Crippen LogP contribution in [0.2, 0.25) is 0 Å². The van der Waals surface area contributed by atoms with E-state index in [-0.39, 0.29) is 17.6 Å². The molecule has 2 aromatic heterocycles. The standard InChI is InChI=1S/C23H22N6O4S/c1-14(30)24-16-5-7-17(8-6-16)25-22(31)13-34-23-27-26-21-11-9-18(28-29(21)23)15-4-10-19(32-2)20(12-15)33-3/h4-12H,13H2,1-3H3,(H,24,30)(H,25,31). The van der Waals surface area contributed by atoms with Gasteiger partial charge in [-0.3, -0.25) is 9.59 Å². The average molecular weight is 479 g/mol. The van der Waals surface area contributed by atoms with E-state index < -0.39 is 0 Å². The van der Waals surface area contributed by atoms with E-state index >= 15 is 0 Å². The van der Waals surface area contributed by atoms with Gasteiger partial charge in [-0.25, -0.2) is 0 Å². The van der Waals surface area contributed by atoms with Gasteiger partial charge in [-0.15, -0.1) is 10.2 Å². The Morgan fingerprint density at radius 3 is 2.29 bits per heavy atom. The molecule has 0 spiro atoms. The Morgan fingerprint density at radius 2 is 1.62 bits per heavy atom. The topological polar surface area (TPSA) is 120 Å². The predicted octanol–water partition coefficient (Wildman–Crippen LogP) is 3.50. The third-order valence-corrected chi connectivity index (χ3v) is 5.65. The van der Waals surface area contributed by atoms with Crippen LogP contribution in [0.5, 0.6) is 11.5 Å². The molecule has 10 nitrogen and oxygen atoms in total. The van der Waals surface area contributed by atoms with E-state index in [0.29, 0.717) is 39.4 Å². The molecule has 4 rings (SSSR count). The Labute approximate surface area is 199 Å². The summed E-state index contributed by atoms with van der Waals surface area (Å²) in [6, 6.07) is 16.1. The lowest BCUT2D eigenvalue weighted by atomic mass is 10.1. The van der Waals surface area contributed by atoms with Crippen molar-refractivity contribution in [2.75, 3.05) is 30.6 Å². The largest absolute Gasteiger partial charge is 0.493 e. The fraction of sp³-hybridized carbons (Fsp3) is 0.174. The summed E-state index contributed by atoms with van der Waals surface area (Å²) in [6.45, 7) is 1.44. The first-order valence-corrected chi connectivity index (χ1v) is 11.2. The van der Waals surface area contributed by atoms with Gasteiger partial charge in [0.15, 0.2) is 17.1 Å². The van der Waals surface area contributed by atoms with Crippen LogP contribution in [-0.4, -0.2) is 51.6 Å². The van der Waals surface area contributed by atoms with Crippen LogP contribution in [0.4, 0.5) is 11.4 Å². The molecule has 0 aliphatic rings. The van der Waals surface area contributed by atoms with Gasteiger partial charge in [0.2, 0.25) is 17.0 Å². The van der Waals surface area contributed by atoms with E-state index in [0.717, 1.165) is 5.56 Å². The zero-order chi connectivity index (χ0) is 24.1. The minimum atomic E-state index is -0.204. The van der Waals surface area contributed by atoms with Crippen molar-refractivity contribution >= 4 is 40.6 Å². The lowest BCUT2D eigenvalue weighted by molar-refractivity contribution is -0.114. The summed E-state index contributed by atoms with van der Waals surface area (Å²) in [5.74, 6) is 0.989. The molecule has 0 aliphatic heterocycles. The van der Waals surface area contributed by atoms with Crippen LogP contribution in [0, 0.1) is 0 Å². The van der Waals surface area contributed by atoms with E-state index in [1.807, 2.05) is 30.3 Å². The number of nitrogens with one attached hydrogen (secondary N) is 2. The molecule has 11 heteroatoms. The fourth-order valence-corrected chi connectivity index (χ4v) is 3.86. The summed E-state index contributed by atoms with van der Waals surface area (Å²) in [5.41, 5.74) is 3.38. The number of amides is 2. The molecule has 4 aromatic rings. The third kappa shape index (κ3) is 5.26. The van der Waals surface area contributed by atoms with Crippen molar-refractivity contribution < 1.29 is 19.1 Å². The van der Waals surface area contributed by atoms with Gasteiger partial charge in [-0.1, -0.05) is 11.8 Å². The summed E-state index contributed by atoms with van der Waals surface area (Å²) in [5, 5.41) is 18.9. The maximum absolute atomic E-state index is 12.4. The number of hydrogen-bond donors (Lipinski definition) is 2. The van der Waals surface area contributed by atoms with Crippen LogP contribution in [0.3, 0.4) is 0 Å². The molecule has 174 valence electrons. The molecular weight excluding hydrogens is 456 g/mol. The van der Waals surface area contributed by atoms with Gasteiger partial charge in [0.1, 0.15) is 0 Å². The molecule has 2 amide bonds. The highest BCUT2D eigenvalue weighted by molar-refractivity contribution is 7.99. The molecule has 0 aliphatic carbocycles. The number of carbonyl (C=O) groups is 2. The van der Waals surface area contributed by atoms with Crippen LogP contribution < -0.4 is 20.1 Å². The number of anilines is 2. The monoisotopic (exact) mass is 478 g/mol. The van der Waals surface area contributed by atoms with Gasteiger partial charge in [0, 0.05) is 23.9 Å². The third-order valence-electron chi connectivity index (χ3n) is 4.73. The lowest BCUT2D eigenvalue weighted by Gasteiger charge is -2.09. The quantitative estimate of drug-likeness (QED) is 0.369. The molecule has 0 fully saturated rings. The molecule has 34 heavy (non-hydrogen) atoms. The molecule has 2 heterocycles. The molecule has 0 unspecified atom stereocenters. The molecule has 2 aromatic carbocycles. The van der Waals surface area contributed by atoms with Gasteiger partial charge >= 0.3 is 0 Å². The van der Waals surface area contributed by atoms with Crippen molar-refractivity contribution in [1.82, 2.24) is 19.8 Å². The zero-order valence-electron chi connectivity index (χ0n) is 18.7. The summed E-state index contributed by atoms with van der Waals surface area (Å²) >= 11 is 1.23. The zero-order valence-corrected chi connectivity index (χ0v) is 19.5. The molecule has 0 saturated heterocycles. The van der Waals surface area contributed by atoms with Crippen LogP contribution in [0.15, 0.2) is 59.8 Å². The smallest absolute Gasteiger partial charge is 0.234 e. The minimum absolute atomic E-state index is 0.122. The van der Waals surface area contributed by atoms with E-state index in [1.54, 1.807) is 43.0 Å². The van der Waals surface area contributed by atoms with Crippen molar-refractivity contribution in [1.29, 1.82) is 0 Å². The summed E-state index contributed by atoms with van der Waals surface area (Å²) in [7, 11) is 3.16. The summed E-state index contributed by atoms with van der Waals surface area (Å²) < 4.78 is 12.3. The second-order valence-electron chi connectivity index (χ2n) is 7.14. The molecule has 0 radical (unpaired) electrons. The van der Waals surface area contributed by atoms with Gasteiger partial charge in [0.25, 0.3) is 0 Å². The molecule has 0 atom stereocenters. The normalized spacial score (nSPS) is 10.7. The Morgan fingerprint density at radius 1 is 0.912 bits per heavy atom. The Kier molecular flexibility index (Phi) is 6.93. The minimum Gasteiger partial charge on any atom is -0.493 e. The van der Waals surface area contributed by atoms with Gasteiger partial charge in [-0.05, 0) is 54.6 Å². The highest BCUT2D eigenvalue weighted by Gasteiger charge is 2.13. The van der Waals surface area contributed by atoms with Crippen LogP contribution in [0.1, 0.15) is 6.92 Å². The van der Waals surface area contributed by atoms with Crippen LogP contribution in [-0.2, 0) is 9.59 Å². The Balaban J connectivity index is 1.45. The number of nitrogens with zero attached hydrogens (tertiary/aromatic N) is 4. The number of methoxy groups -OCH3 is 2. The molecule has 2 N–H and O–H groups in total. The van der Waals surface area contributed by atoms with Crippen molar-refractivity contribution in [3.63, 3.8) is 0 Å². The molecule has 0 saturated carbocycles. The second kappa shape index (κ2) is 10.2. The predicted molar refractivity (Wildman–Crippen MR) is 129 cm³/mol. The van der Waals surface area contributed by atoms with Crippen molar-refractivity contribution in [3.8, 4) is 22.8 Å². The first-order valence-electron chi connectivity index (χ1n) is 10.2. The fourth-order valence-electron chi connectivity index (χ4n) is 3.18. The van der Waals surface area contributed by atoms with Crippen LogP contribution in [0.25, 0.3) is 16.9 Å². The first kappa shape index (κ1) is 23.1. The van der Waals surface area contributed by atoms with Crippen molar-refractivity contribution in [2.45, 2.75) is 12.1 Å². The second-order valence-corrected chi connectivity index (χ2v) is 8.08. The van der Waals surface area contributed by atoms with Crippen molar-refractivity contribution in [2.24, 2.45) is 0 Å². The summed E-state index contributed by atoms with van der Waals surface area (Å²) in [6.07, 6.45) is 0. The highest BCUT2D eigenvalue weighted by atomic mass is 32.2. The number of carbonyl (C=O) groups excluding carboxylic acids is 2. The lowest BCUT2D eigenvalue weighted by Crippen LogP contribution is -2.14. The Hall–Kier alpha value is -4.12. The Bertz CT molecular complexity index is 1340. The van der Waals surface area contributed by atoms with Crippen LogP contribution >= 0.6 is 11.8 Å². The highest BCUT2D eigenvalue weighted by Crippen LogP contribution is 2.31. The van der Waals surface area contributed by atoms with Gasteiger partial charge < -0.3 is 20.1 Å². The molecule has 0 bridgehead atoms. The number of benzene rings is 2. The van der Waals surface area contributed by atoms with Gasteiger partial charge in [-0.2, -0.15) is 9.61 Å². The van der Waals surface area contributed by atoms with Crippen molar-refractivity contribution in [3.05, 3.63) is 54.6 Å². The number of rotatable bonds is 8. The van der Waals surface area contributed by atoms with E-state index in [1.165, 1.54) is 18.7 Å². The maximum atomic E-state index is 12.4. The number of aromatic nitrogens is 4. The summed E-state index contributed by atoms with van der Waals surface area (Å²) in [4.78, 5) is 23.5. The molecular formula is C23H22N6O4S. The van der Waals surface area contributed by atoms with E-state index in [2.05, 4.69) is 25.9 Å². The van der Waals surface area contributed by atoms with Gasteiger partial charge in [0.05, 0.1) is 25.7 Å². The first-order chi connectivity index (χ1) is 16.5. The maximum Gasteiger partial charge on any atom is 0.234 e. The van der Waals surface area contributed by atoms with E-state index in [9.17, 15) is 9.59 Å². The number of fused-ring (bicyclic) bond motifs is 1.